The smallest absolute Gasteiger partial charge is 0.312 e. The molecule has 1 aromatic rings. The van der Waals surface area contributed by atoms with Crippen LogP contribution in [0, 0.1) is 16.0 Å². The van der Waals surface area contributed by atoms with Crippen molar-refractivity contribution in [1.29, 1.82) is 0 Å². The summed E-state index contributed by atoms with van der Waals surface area (Å²) in [7, 11) is 0. The van der Waals surface area contributed by atoms with Gasteiger partial charge < -0.3 is 10.4 Å². The van der Waals surface area contributed by atoms with Gasteiger partial charge in [-0.2, -0.15) is 0 Å². The first-order chi connectivity index (χ1) is 10.5. The van der Waals surface area contributed by atoms with Gasteiger partial charge in [0.25, 0.3) is 0 Å². The van der Waals surface area contributed by atoms with Gasteiger partial charge in [0.05, 0.1) is 4.92 Å². The van der Waals surface area contributed by atoms with Crippen LogP contribution in [0.4, 0.5) is 5.69 Å². The van der Waals surface area contributed by atoms with Gasteiger partial charge in [0.2, 0.25) is 0 Å². The second kappa shape index (κ2) is 7.39. The Hall–Kier alpha value is -1.18. The van der Waals surface area contributed by atoms with E-state index in [2.05, 4.69) is 40.0 Å². The van der Waals surface area contributed by atoms with E-state index in [1.165, 1.54) is 6.07 Å². The summed E-state index contributed by atoms with van der Waals surface area (Å²) in [6.07, 6.45) is 0.939. The molecule has 0 saturated carbocycles. The lowest BCUT2D eigenvalue weighted by Gasteiger charge is -2.38. The molecule has 1 saturated heterocycles. The number of nitrogens with one attached hydrogen (secondary N) is 1. The van der Waals surface area contributed by atoms with Crippen molar-refractivity contribution in [3.63, 3.8) is 0 Å². The number of nitrogens with zero attached hydrogens (tertiary/aromatic N) is 2. The zero-order valence-corrected chi connectivity index (χ0v) is 14.5. The summed E-state index contributed by atoms with van der Waals surface area (Å²) in [4.78, 5) is 12.9. The monoisotopic (exact) mass is 371 g/mol. The number of nitro benzene ring substituents is 1. The molecule has 0 radical (unpaired) electrons. The highest BCUT2D eigenvalue weighted by molar-refractivity contribution is 9.10. The highest BCUT2D eigenvalue weighted by Crippen LogP contribution is 2.42. The van der Waals surface area contributed by atoms with Crippen LogP contribution in [0.15, 0.2) is 16.6 Å². The van der Waals surface area contributed by atoms with Crippen molar-refractivity contribution in [3.8, 4) is 5.75 Å². The number of halogens is 1. The Kier molecular flexibility index (Phi) is 5.77. The van der Waals surface area contributed by atoms with Crippen LogP contribution in [0.2, 0.25) is 0 Å². The molecule has 1 heterocycles. The molecule has 0 aromatic heterocycles. The Balaban J connectivity index is 2.48. The van der Waals surface area contributed by atoms with Gasteiger partial charge in [0.1, 0.15) is 0 Å². The summed E-state index contributed by atoms with van der Waals surface area (Å²) in [6.45, 7) is 7.75. The van der Waals surface area contributed by atoms with Gasteiger partial charge in [0, 0.05) is 48.3 Å². The minimum absolute atomic E-state index is 0.0247. The van der Waals surface area contributed by atoms with Gasteiger partial charge in [-0.05, 0) is 12.0 Å². The summed E-state index contributed by atoms with van der Waals surface area (Å²) >= 11 is 3.33. The lowest BCUT2D eigenvalue weighted by atomic mass is 9.89. The normalized spacial score (nSPS) is 18.9. The van der Waals surface area contributed by atoms with Gasteiger partial charge in [-0.25, -0.2) is 0 Å². The van der Waals surface area contributed by atoms with Crippen LogP contribution in [-0.2, 0) is 0 Å². The van der Waals surface area contributed by atoms with Crippen molar-refractivity contribution < 1.29 is 10.0 Å². The topological polar surface area (TPSA) is 78.6 Å². The standard InChI is InChI=1S/C15H22BrN3O3/c1-3-10(2)14(18-6-4-17-5-7-18)12-8-11(16)9-13(15(12)20)19(21)22/h8-10,14,17,20H,3-7H2,1-2H3/t10?,14-/m1/s1. The fourth-order valence-electron chi connectivity index (χ4n) is 3.02. The number of piperazine rings is 1. The molecule has 2 N–H and O–H groups in total. The molecule has 0 spiro atoms. The first kappa shape index (κ1) is 17.2. The van der Waals surface area contributed by atoms with Crippen LogP contribution >= 0.6 is 15.9 Å². The fourth-order valence-corrected chi connectivity index (χ4v) is 3.48. The van der Waals surface area contributed by atoms with Gasteiger partial charge in [0.15, 0.2) is 5.75 Å². The van der Waals surface area contributed by atoms with Gasteiger partial charge in [-0.1, -0.05) is 36.2 Å². The maximum atomic E-state index is 11.2. The highest BCUT2D eigenvalue weighted by atomic mass is 79.9. The summed E-state index contributed by atoms with van der Waals surface area (Å²) < 4.78 is 0.621. The van der Waals surface area contributed by atoms with E-state index in [1.54, 1.807) is 6.07 Å². The fraction of sp³-hybridized carbons (Fsp3) is 0.600. The molecule has 0 bridgehead atoms. The molecular formula is C15H22BrN3O3. The van der Waals surface area contributed by atoms with Crippen LogP contribution in [0.3, 0.4) is 0 Å². The van der Waals surface area contributed by atoms with Crippen molar-refractivity contribution in [3.05, 3.63) is 32.3 Å². The molecule has 7 heteroatoms. The third kappa shape index (κ3) is 3.59. The Bertz CT molecular complexity index is 547. The zero-order chi connectivity index (χ0) is 16.3. The lowest BCUT2D eigenvalue weighted by Crippen LogP contribution is -2.46. The number of benzene rings is 1. The molecule has 22 heavy (non-hydrogen) atoms. The van der Waals surface area contributed by atoms with Crippen molar-refractivity contribution in [2.45, 2.75) is 26.3 Å². The molecule has 2 atom stereocenters. The molecule has 0 aliphatic carbocycles. The largest absolute Gasteiger partial charge is 0.502 e. The Morgan fingerprint density at radius 1 is 1.45 bits per heavy atom. The van der Waals surface area contributed by atoms with E-state index in [-0.39, 0.29) is 23.4 Å². The second-order valence-corrected chi connectivity index (χ2v) is 6.65. The third-order valence-corrected chi connectivity index (χ3v) is 4.79. The minimum atomic E-state index is -0.533. The molecule has 1 aromatic carbocycles. The number of aromatic hydroxyl groups is 1. The molecule has 122 valence electrons. The minimum Gasteiger partial charge on any atom is -0.502 e. The quantitative estimate of drug-likeness (QED) is 0.614. The van der Waals surface area contributed by atoms with Crippen LogP contribution in [0.1, 0.15) is 31.9 Å². The van der Waals surface area contributed by atoms with Crippen LogP contribution in [-0.4, -0.2) is 41.1 Å². The zero-order valence-electron chi connectivity index (χ0n) is 12.9. The number of rotatable bonds is 5. The third-order valence-electron chi connectivity index (χ3n) is 4.33. The van der Waals surface area contributed by atoms with Crippen molar-refractivity contribution >= 4 is 21.6 Å². The number of nitro groups is 1. The lowest BCUT2D eigenvalue weighted by molar-refractivity contribution is -0.386. The number of hydrogen-bond acceptors (Lipinski definition) is 5. The highest BCUT2D eigenvalue weighted by Gasteiger charge is 2.31. The van der Waals surface area contributed by atoms with Crippen LogP contribution in [0.25, 0.3) is 0 Å². The average Bonchev–Trinajstić information content (AvgIpc) is 2.51. The SMILES string of the molecule is CCC(C)[C@H](c1cc(Br)cc([N+](=O)[O-])c1O)N1CCNCC1. The van der Waals surface area contributed by atoms with E-state index < -0.39 is 4.92 Å². The Morgan fingerprint density at radius 3 is 2.64 bits per heavy atom. The van der Waals surface area contributed by atoms with Crippen LogP contribution < -0.4 is 5.32 Å². The summed E-state index contributed by atoms with van der Waals surface area (Å²) in [5.41, 5.74) is 0.394. The molecule has 2 rings (SSSR count). The van der Waals surface area contributed by atoms with Crippen molar-refractivity contribution in [1.82, 2.24) is 10.2 Å². The maximum absolute atomic E-state index is 11.2. The number of phenolic OH excluding ortho intramolecular Hbond substituents is 1. The average molecular weight is 372 g/mol. The maximum Gasteiger partial charge on any atom is 0.312 e. The molecule has 0 amide bonds. The molecule has 6 nitrogen and oxygen atoms in total. The molecule has 1 aliphatic rings. The predicted octanol–water partition coefficient (Wildman–Crippen LogP) is 3.06. The van der Waals surface area contributed by atoms with E-state index in [9.17, 15) is 15.2 Å². The molecule has 1 aliphatic heterocycles. The van der Waals surface area contributed by atoms with E-state index in [1.807, 2.05) is 0 Å². The van der Waals surface area contributed by atoms with E-state index in [0.717, 1.165) is 32.6 Å². The van der Waals surface area contributed by atoms with Crippen LogP contribution in [0.5, 0.6) is 5.75 Å². The van der Waals surface area contributed by atoms with Crippen molar-refractivity contribution in [2.24, 2.45) is 5.92 Å². The molecular weight excluding hydrogens is 350 g/mol. The van der Waals surface area contributed by atoms with E-state index >= 15 is 0 Å². The van der Waals surface area contributed by atoms with E-state index in [4.69, 9.17) is 0 Å². The van der Waals surface area contributed by atoms with Gasteiger partial charge >= 0.3 is 5.69 Å². The van der Waals surface area contributed by atoms with E-state index in [0.29, 0.717) is 10.0 Å². The Labute approximate surface area is 138 Å². The number of hydrogen-bond donors (Lipinski definition) is 2. The Morgan fingerprint density at radius 2 is 2.09 bits per heavy atom. The summed E-state index contributed by atoms with van der Waals surface area (Å²) in [5.74, 6) is 0.0786. The molecule has 1 fully saturated rings. The van der Waals surface area contributed by atoms with Gasteiger partial charge in [-0.15, -0.1) is 0 Å². The molecule has 1 unspecified atom stereocenters. The predicted molar refractivity (Wildman–Crippen MR) is 89.1 cm³/mol. The summed E-state index contributed by atoms with van der Waals surface area (Å²) in [5, 5.41) is 24.9. The first-order valence-corrected chi connectivity index (χ1v) is 8.36. The number of phenols is 1. The van der Waals surface area contributed by atoms with Gasteiger partial charge in [-0.3, -0.25) is 15.0 Å². The second-order valence-electron chi connectivity index (χ2n) is 5.74. The van der Waals surface area contributed by atoms with Crippen molar-refractivity contribution in [2.75, 3.05) is 26.2 Å². The first-order valence-electron chi connectivity index (χ1n) is 7.57. The summed E-state index contributed by atoms with van der Waals surface area (Å²) in [6, 6.07) is 3.13.